The van der Waals surface area contributed by atoms with Crippen LogP contribution < -0.4 is 0 Å². The first-order valence-corrected chi connectivity index (χ1v) is 12.4. The highest BCUT2D eigenvalue weighted by Gasteiger charge is 2.21. The highest BCUT2D eigenvalue weighted by atomic mass is 35.5. The smallest absolute Gasteiger partial charge is 0.355 e. The maximum Gasteiger partial charge on any atom is 0.355 e. The van der Waals surface area contributed by atoms with Crippen molar-refractivity contribution in [2.75, 3.05) is 6.61 Å². The number of tetrazole rings is 1. The number of aryl methyl sites for hydroxylation is 1. The molecule has 10 heteroatoms. The third-order valence-corrected chi connectivity index (χ3v) is 6.16. The van der Waals surface area contributed by atoms with Crippen molar-refractivity contribution in [3.05, 3.63) is 70.8 Å². The van der Waals surface area contributed by atoms with Gasteiger partial charge in [0.15, 0.2) is 17.1 Å². The Labute approximate surface area is 214 Å². The fourth-order valence-electron chi connectivity index (χ4n) is 4.06. The number of rotatable bonds is 11. The number of carboxylic acid groups (broad SMARTS) is 1. The standard InChI is InChI=1S/C26H29ClN6O3/c1-4-6-11-22-28-24(27)23(26(34)35)32(22)16-18-12-14-19(15-13-18)20-9-7-8-10-21(20)25-29-31-33(30-25)17(3)36-5-2/h7-10,12-15,17H,4-6,11,16H2,1-3H3,(H,34,35)/t17-/m1/s1. The molecule has 0 aliphatic rings. The van der Waals surface area contributed by atoms with Gasteiger partial charge in [0.2, 0.25) is 5.82 Å². The van der Waals surface area contributed by atoms with Crippen LogP contribution >= 0.6 is 11.6 Å². The molecule has 0 unspecified atom stereocenters. The van der Waals surface area contributed by atoms with Crippen molar-refractivity contribution in [3.63, 3.8) is 0 Å². The Morgan fingerprint density at radius 2 is 1.83 bits per heavy atom. The Morgan fingerprint density at radius 3 is 2.50 bits per heavy atom. The number of carbonyl (C=O) groups is 1. The average Bonchev–Trinajstić information content (AvgIpc) is 3.48. The van der Waals surface area contributed by atoms with Crippen molar-refractivity contribution < 1.29 is 14.6 Å². The topological polar surface area (TPSA) is 108 Å². The highest BCUT2D eigenvalue weighted by Crippen LogP contribution is 2.30. The van der Waals surface area contributed by atoms with Crippen molar-refractivity contribution in [3.8, 4) is 22.5 Å². The Morgan fingerprint density at radius 1 is 1.11 bits per heavy atom. The third-order valence-electron chi connectivity index (χ3n) is 5.90. The summed E-state index contributed by atoms with van der Waals surface area (Å²) in [5.41, 5.74) is 3.77. The quantitative estimate of drug-likeness (QED) is 0.285. The van der Waals surface area contributed by atoms with E-state index in [0.717, 1.165) is 35.1 Å². The molecule has 0 saturated carbocycles. The Balaban J connectivity index is 1.62. The fourth-order valence-corrected chi connectivity index (χ4v) is 4.34. The minimum absolute atomic E-state index is 0.0210. The first-order chi connectivity index (χ1) is 17.4. The summed E-state index contributed by atoms with van der Waals surface area (Å²) in [5, 5.41) is 22.6. The van der Waals surface area contributed by atoms with E-state index in [4.69, 9.17) is 16.3 Å². The van der Waals surface area contributed by atoms with Crippen LogP contribution in [0.1, 0.15) is 61.7 Å². The molecule has 0 saturated heterocycles. The van der Waals surface area contributed by atoms with Crippen LogP contribution in [0.3, 0.4) is 0 Å². The van der Waals surface area contributed by atoms with E-state index >= 15 is 0 Å². The van der Waals surface area contributed by atoms with Gasteiger partial charge in [0.1, 0.15) is 5.82 Å². The normalized spacial score (nSPS) is 12.1. The summed E-state index contributed by atoms with van der Waals surface area (Å²) in [4.78, 5) is 17.6. The molecule has 1 atom stereocenters. The molecule has 0 aliphatic heterocycles. The molecule has 0 amide bonds. The summed E-state index contributed by atoms with van der Waals surface area (Å²) in [6.07, 6.45) is 2.25. The predicted octanol–water partition coefficient (Wildman–Crippen LogP) is 5.50. The van der Waals surface area contributed by atoms with Crippen molar-refractivity contribution in [2.24, 2.45) is 0 Å². The van der Waals surface area contributed by atoms with Crippen LogP contribution in [0.2, 0.25) is 5.15 Å². The van der Waals surface area contributed by atoms with Crippen molar-refractivity contribution >= 4 is 17.6 Å². The Hall–Kier alpha value is -3.56. The SMILES string of the molecule is CCCCc1nc(Cl)c(C(=O)O)n1Cc1ccc(-c2ccccc2-c2nnn([C@@H](C)OCC)n2)cc1. The lowest BCUT2D eigenvalue weighted by Crippen LogP contribution is -2.13. The number of imidazole rings is 1. The van der Waals surface area contributed by atoms with E-state index in [-0.39, 0.29) is 17.1 Å². The number of halogens is 1. The number of aromatic nitrogens is 6. The lowest BCUT2D eigenvalue weighted by Gasteiger charge is -2.12. The van der Waals surface area contributed by atoms with Gasteiger partial charge in [-0.05, 0) is 42.2 Å². The number of carboxylic acids is 1. The summed E-state index contributed by atoms with van der Waals surface area (Å²) in [5.74, 6) is 0.116. The molecule has 2 heterocycles. The molecule has 9 nitrogen and oxygen atoms in total. The van der Waals surface area contributed by atoms with Gasteiger partial charge >= 0.3 is 5.97 Å². The molecule has 2 aromatic carbocycles. The van der Waals surface area contributed by atoms with Crippen LogP contribution in [-0.4, -0.2) is 47.4 Å². The molecule has 4 aromatic rings. The number of aromatic carboxylic acids is 1. The van der Waals surface area contributed by atoms with Gasteiger partial charge in [-0.25, -0.2) is 9.78 Å². The van der Waals surface area contributed by atoms with Crippen molar-refractivity contribution in [1.82, 2.24) is 29.8 Å². The van der Waals surface area contributed by atoms with Gasteiger partial charge in [-0.15, -0.1) is 15.0 Å². The van der Waals surface area contributed by atoms with Crippen LogP contribution in [0.4, 0.5) is 0 Å². The van der Waals surface area contributed by atoms with Gasteiger partial charge < -0.3 is 14.4 Å². The summed E-state index contributed by atoms with van der Waals surface area (Å²) >= 11 is 6.17. The molecule has 0 radical (unpaired) electrons. The van der Waals surface area contributed by atoms with Crippen LogP contribution in [0, 0.1) is 0 Å². The van der Waals surface area contributed by atoms with Crippen LogP contribution in [0.25, 0.3) is 22.5 Å². The highest BCUT2D eigenvalue weighted by molar-refractivity contribution is 6.32. The summed E-state index contributed by atoms with van der Waals surface area (Å²) < 4.78 is 7.25. The van der Waals surface area contributed by atoms with Gasteiger partial charge in [0.05, 0.1) is 0 Å². The molecule has 0 fully saturated rings. The Bertz CT molecular complexity index is 1330. The molecule has 2 aromatic heterocycles. The van der Waals surface area contributed by atoms with E-state index in [0.29, 0.717) is 31.2 Å². The average molecular weight is 509 g/mol. The first kappa shape index (κ1) is 25.5. The fraction of sp³-hybridized carbons (Fsp3) is 0.346. The lowest BCUT2D eigenvalue weighted by atomic mass is 9.98. The second-order valence-electron chi connectivity index (χ2n) is 8.39. The number of hydrogen-bond acceptors (Lipinski definition) is 6. The number of unbranched alkanes of at least 4 members (excludes halogenated alkanes) is 1. The molecule has 0 aliphatic carbocycles. The van der Waals surface area contributed by atoms with Crippen molar-refractivity contribution in [1.29, 1.82) is 0 Å². The van der Waals surface area contributed by atoms with Crippen LogP contribution in [-0.2, 0) is 17.7 Å². The second-order valence-corrected chi connectivity index (χ2v) is 8.75. The van der Waals surface area contributed by atoms with Gasteiger partial charge in [-0.1, -0.05) is 73.5 Å². The van der Waals surface area contributed by atoms with E-state index in [1.807, 2.05) is 62.4 Å². The molecular formula is C26H29ClN6O3. The van der Waals surface area contributed by atoms with E-state index in [1.165, 1.54) is 4.80 Å². The molecule has 1 N–H and O–H groups in total. The number of benzene rings is 2. The number of hydrogen-bond donors (Lipinski definition) is 1. The van der Waals surface area contributed by atoms with E-state index in [2.05, 4.69) is 27.3 Å². The summed E-state index contributed by atoms with van der Waals surface area (Å²) in [7, 11) is 0. The summed E-state index contributed by atoms with van der Waals surface area (Å²) in [6.45, 7) is 6.80. The molecule has 188 valence electrons. The van der Waals surface area contributed by atoms with Crippen LogP contribution in [0.15, 0.2) is 48.5 Å². The monoisotopic (exact) mass is 508 g/mol. The van der Waals surface area contributed by atoms with Gasteiger partial charge in [-0.2, -0.15) is 0 Å². The van der Waals surface area contributed by atoms with Gasteiger partial charge in [0, 0.05) is 25.1 Å². The maximum absolute atomic E-state index is 11.8. The third kappa shape index (κ3) is 5.47. The number of nitrogens with zero attached hydrogens (tertiary/aromatic N) is 6. The van der Waals surface area contributed by atoms with Crippen LogP contribution in [0.5, 0.6) is 0 Å². The van der Waals surface area contributed by atoms with Crippen molar-refractivity contribution in [2.45, 2.75) is 52.8 Å². The maximum atomic E-state index is 11.8. The number of ether oxygens (including phenoxy) is 1. The molecule has 36 heavy (non-hydrogen) atoms. The molecule has 4 rings (SSSR count). The minimum Gasteiger partial charge on any atom is -0.476 e. The van der Waals surface area contributed by atoms with E-state index < -0.39 is 5.97 Å². The Kier molecular flexibility index (Phi) is 8.12. The first-order valence-electron chi connectivity index (χ1n) is 12.0. The predicted molar refractivity (Wildman–Crippen MR) is 137 cm³/mol. The lowest BCUT2D eigenvalue weighted by molar-refractivity contribution is 0.00478. The molecule has 0 spiro atoms. The summed E-state index contributed by atoms with van der Waals surface area (Å²) in [6, 6.07) is 15.9. The van der Waals surface area contributed by atoms with E-state index in [1.54, 1.807) is 4.57 Å². The zero-order valence-electron chi connectivity index (χ0n) is 20.6. The molecular weight excluding hydrogens is 480 g/mol. The minimum atomic E-state index is -1.08. The van der Waals surface area contributed by atoms with Gasteiger partial charge in [0.25, 0.3) is 0 Å². The zero-order valence-corrected chi connectivity index (χ0v) is 21.3. The second kappa shape index (κ2) is 11.5. The van der Waals surface area contributed by atoms with E-state index in [9.17, 15) is 9.90 Å². The largest absolute Gasteiger partial charge is 0.476 e. The van der Waals surface area contributed by atoms with Gasteiger partial charge in [-0.3, -0.25) is 0 Å². The zero-order chi connectivity index (χ0) is 25.7. The molecule has 0 bridgehead atoms.